The number of rotatable bonds is 7. The van der Waals surface area contributed by atoms with Crippen molar-refractivity contribution in [2.24, 2.45) is 11.7 Å². The van der Waals surface area contributed by atoms with Crippen LogP contribution in [0.4, 0.5) is 0 Å². The van der Waals surface area contributed by atoms with E-state index in [9.17, 15) is 4.79 Å². The molecule has 106 valence electrons. The average Bonchev–Trinajstić information content (AvgIpc) is 2.37. The minimum Gasteiger partial charge on any atom is -0.497 e. The maximum Gasteiger partial charge on any atom is 0.239 e. The molecule has 0 saturated carbocycles. The van der Waals surface area contributed by atoms with E-state index in [4.69, 9.17) is 15.2 Å². The van der Waals surface area contributed by atoms with Crippen LogP contribution in [0.15, 0.2) is 18.2 Å². The summed E-state index contributed by atoms with van der Waals surface area (Å²) in [5.74, 6) is 1.27. The summed E-state index contributed by atoms with van der Waals surface area (Å²) in [6.45, 7) is 4.83. The van der Waals surface area contributed by atoms with Crippen LogP contribution in [-0.4, -0.2) is 26.7 Å². The topological polar surface area (TPSA) is 73.6 Å². The predicted octanol–water partition coefficient (Wildman–Crippen LogP) is 1.48. The largest absolute Gasteiger partial charge is 0.497 e. The third-order valence-electron chi connectivity index (χ3n) is 2.72. The van der Waals surface area contributed by atoms with E-state index >= 15 is 0 Å². The zero-order valence-corrected chi connectivity index (χ0v) is 11.9. The van der Waals surface area contributed by atoms with Gasteiger partial charge in [-0.25, -0.2) is 0 Å². The van der Waals surface area contributed by atoms with Gasteiger partial charge in [0.1, 0.15) is 17.5 Å². The molecule has 1 rings (SSSR count). The molecule has 5 nitrogen and oxygen atoms in total. The van der Waals surface area contributed by atoms with Gasteiger partial charge in [0.2, 0.25) is 5.91 Å². The van der Waals surface area contributed by atoms with E-state index < -0.39 is 11.9 Å². The lowest BCUT2D eigenvalue weighted by Crippen LogP contribution is -2.35. The Morgan fingerprint density at radius 2 is 1.74 bits per heavy atom. The Morgan fingerprint density at radius 1 is 1.21 bits per heavy atom. The summed E-state index contributed by atoms with van der Waals surface area (Å²) in [6.07, 6.45) is 0. The van der Waals surface area contributed by atoms with Crippen LogP contribution in [0.5, 0.6) is 11.5 Å². The highest BCUT2D eigenvalue weighted by Gasteiger charge is 2.19. The maximum absolute atomic E-state index is 11.6. The van der Waals surface area contributed by atoms with E-state index in [1.165, 1.54) is 0 Å². The van der Waals surface area contributed by atoms with E-state index in [1.807, 2.05) is 0 Å². The molecule has 1 unspecified atom stereocenters. The standard InChI is InChI=1S/C14H22N2O3/c1-9(2)8-16-13(14(15)17)10-5-11(18-3)7-12(6-10)19-4/h5-7,9,13,16H,8H2,1-4H3,(H2,15,17). The number of carbonyl (C=O) groups is 1. The molecule has 1 atom stereocenters. The number of amides is 1. The number of benzene rings is 1. The molecule has 0 aliphatic rings. The molecule has 0 radical (unpaired) electrons. The Kier molecular flexibility index (Phi) is 5.63. The number of nitrogens with two attached hydrogens (primary N) is 1. The van der Waals surface area contributed by atoms with Crippen LogP contribution in [0.2, 0.25) is 0 Å². The van der Waals surface area contributed by atoms with E-state index in [-0.39, 0.29) is 0 Å². The van der Waals surface area contributed by atoms with Gasteiger partial charge in [0.05, 0.1) is 14.2 Å². The molecule has 0 saturated heterocycles. The molecule has 5 heteroatoms. The minimum absolute atomic E-state index is 0.420. The quantitative estimate of drug-likeness (QED) is 0.784. The molecule has 0 aromatic heterocycles. The first kappa shape index (κ1) is 15.3. The summed E-state index contributed by atoms with van der Waals surface area (Å²) in [7, 11) is 3.14. The molecule has 19 heavy (non-hydrogen) atoms. The van der Waals surface area contributed by atoms with Crippen LogP contribution in [0.3, 0.4) is 0 Å². The van der Waals surface area contributed by atoms with Gasteiger partial charge in [0.15, 0.2) is 0 Å². The normalized spacial score (nSPS) is 12.3. The summed E-state index contributed by atoms with van der Waals surface area (Å²) in [4.78, 5) is 11.6. The number of hydrogen-bond donors (Lipinski definition) is 2. The Hall–Kier alpha value is -1.75. The van der Waals surface area contributed by atoms with Gasteiger partial charge in [-0.1, -0.05) is 13.8 Å². The molecule has 0 spiro atoms. The summed E-state index contributed by atoms with van der Waals surface area (Å²) in [5.41, 5.74) is 6.20. The third-order valence-corrected chi connectivity index (χ3v) is 2.72. The van der Waals surface area contributed by atoms with Crippen LogP contribution < -0.4 is 20.5 Å². The first-order chi connectivity index (χ1) is 8.97. The van der Waals surface area contributed by atoms with Gasteiger partial charge in [0, 0.05) is 6.07 Å². The molecular formula is C14H22N2O3. The smallest absolute Gasteiger partial charge is 0.239 e. The lowest BCUT2D eigenvalue weighted by atomic mass is 10.0. The van der Waals surface area contributed by atoms with Crippen molar-refractivity contribution in [3.63, 3.8) is 0 Å². The highest BCUT2D eigenvalue weighted by atomic mass is 16.5. The lowest BCUT2D eigenvalue weighted by Gasteiger charge is -2.18. The van der Waals surface area contributed by atoms with Crippen molar-refractivity contribution >= 4 is 5.91 Å². The van der Waals surface area contributed by atoms with Gasteiger partial charge in [-0.2, -0.15) is 0 Å². The molecule has 0 aliphatic heterocycles. The van der Waals surface area contributed by atoms with E-state index in [2.05, 4.69) is 19.2 Å². The van der Waals surface area contributed by atoms with Crippen molar-refractivity contribution < 1.29 is 14.3 Å². The maximum atomic E-state index is 11.6. The molecule has 3 N–H and O–H groups in total. The summed E-state index contributed by atoms with van der Waals surface area (Å²) in [5, 5.41) is 3.15. The van der Waals surface area contributed by atoms with Gasteiger partial charge in [0.25, 0.3) is 0 Å². The third kappa shape index (κ3) is 4.44. The molecule has 0 heterocycles. The summed E-state index contributed by atoms with van der Waals surface area (Å²) in [6, 6.07) is 4.77. The van der Waals surface area contributed by atoms with Gasteiger partial charge in [-0.05, 0) is 30.2 Å². The van der Waals surface area contributed by atoms with Gasteiger partial charge >= 0.3 is 0 Å². The monoisotopic (exact) mass is 266 g/mol. The van der Waals surface area contributed by atoms with E-state index in [0.717, 1.165) is 5.56 Å². The van der Waals surface area contributed by atoms with Crippen LogP contribution >= 0.6 is 0 Å². The number of ether oxygens (including phenoxy) is 2. The number of hydrogen-bond acceptors (Lipinski definition) is 4. The zero-order chi connectivity index (χ0) is 14.4. The second kappa shape index (κ2) is 6.99. The zero-order valence-electron chi connectivity index (χ0n) is 11.9. The van der Waals surface area contributed by atoms with Crippen LogP contribution in [0, 0.1) is 5.92 Å². The fourth-order valence-corrected chi connectivity index (χ4v) is 1.73. The van der Waals surface area contributed by atoms with E-state index in [0.29, 0.717) is 24.0 Å². The van der Waals surface area contributed by atoms with Gasteiger partial charge in [-0.15, -0.1) is 0 Å². The molecule has 0 fully saturated rings. The van der Waals surface area contributed by atoms with Crippen molar-refractivity contribution in [1.82, 2.24) is 5.32 Å². The molecule has 1 aromatic carbocycles. The minimum atomic E-state index is -0.550. The fourth-order valence-electron chi connectivity index (χ4n) is 1.73. The second-order valence-electron chi connectivity index (χ2n) is 4.78. The second-order valence-corrected chi connectivity index (χ2v) is 4.78. The fraction of sp³-hybridized carbons (Fsp3) is 0.500. The number of carbonyl (C=O) groups excluding carboxylic acids is 1. The summed E-state index contributed by atoms with van der Waals surface area (Å²) >= 11 is 0. The van der Waals surface area contributed by atoms with E-state index in [1.54, 1.807) is 32.4 Å². The molecule has 0 aliphatic carbocycles. The number of primary amides is 1. The highest BCUT2D eigenvalue weighted by molar-refractivity contribution is 5.81. The SMILES string of the molecule is COc1cc(OC)cc(C(NCC(C)C)C(N)=O)c1. The van der Waals surface area contributed by atoms with Crippen LogP contribution in [0.1, 0.15) is 25.5 Å². The Morgan fingerprint density at radius 3 is 2.11 bits per heavy atom. The molecule has 1 aromatic rings. The van der Waals surface area contributed by atoms with Crippen LogP contribution in [-0.2, 0) is 4.79 Å². The van der Waals surface area contributed by atoms with Crippen molar-refractivity contribution in [3.05, 3.63) is 23.8 Å². The first-order valence-corrected chi connectivity index (χ1v) is 6.23. The summed E-state index contributed by atoms with van der Waals surface area (Å²) < 4.78 is 10.4. The average molecular weight is 266 g/mol. The number of nitrogens with one attached hydrogen (secondary N) is 1. The highest BCUT2D eigenvalue weighted by Crippen LogP contribution is 2.26. The van der Waals surface area contributed by atoms with Gasteiger partial charge < -0.3 is 20.5 Å². The Balaban J connectivity index is 3.03. The van der Waals surface area contributed by atoms with Crippen molar-refractivity contribution in [3.8, 4) is 11.5 Å². The lowest BCUT2D eigenvalue weighted by molar-refractivity contribution is -0.120. The number of methoxy groups -OCH3 is 2. The molecule has 0 bridgehead atoms. The van der Waals surface area contributed by atoms with Crippen LogP contribution in [0.25, 0.3) is 0 Å². The van der Waals surface area contributed by atoms with Crippen molar-refractivity contribution in [2.45, 2.75) is 19.9 Å². The van der Waals surface area contributed by atoms with Gasteiger partial charge in [-0.3, -0.25) is 4.79 Å². The van der Waals surface area contributed by atoms with Crippen molar-refractivity contribution in [1.29, 1.82) is 0 Å². The Bertz CT molecular complexity index is 410. The first-order valence-electron chi connectivity index (χ1n) is 6.23. The molecular weight excluding hydrogens is 244 g/mol. The predicted molar refractivity (Wildman–Crippen MR) is 74.3 cm³/mol. The molecule has 1 amide bonds. The Labute approximate surface area is 114 Å². The van der Waals surface area contributed by atoms with Crippen molar-refractivity contribution in [2.75, 3.05) is 20.8 Å².